The van der Waals surface area contributed by atoms with Crippen molar-refractivity contribution in [3.63, 3.8) is 0 Å². The number of nitrogens with one attached hydrogen (secondary N) is 1. The summed E-state index contributed by atoms with van der Waals surface area (Å²) < 4.78 is 5.19. The maximum Gasteiger partial charge on any atom is 0.271 e. The molecule has 20 heavy (non-hydrogen) atoms. The molecule has 0 atom stereocenters. The summed E-state index contributed by atoms with van der Waals surface area (Å²) in [6.45, 7) is 2.01. The number of nitriles is 1. The smallest absolute Gasteiger partial charge is 0.271 e. The molecule has 0 bridgehead atoms. The van der Waals surface area contributed by atoms with Gasteiger partial charge >= 0.3 is 0 Å². The molecule has 5 nitrogen and oxygen atoms in total. The van der Waals surface area contributed by atoms with Gasteiger partial charge in [-0.15, -0.1) is 11.8 Å². The molecule has 6 heteroatoms. The summed E-state index contributed by atoms with van der Waals surface area (Å²) in [6.07, 6.45) is 1.88. The Bertz CT molecular complexity index is 661. The van der Waals surface area contributed by atoms with Gasteiger partial charge in [0.25, 0.3) is 5.89 Å². The van der Waals surface area contributed by atoms with E-state index < -0.39 is 0 Å². The van der Waals surface area contributed by atoms with Crippen molar-refractivity contribution in [2.75, 3.05) is 13.3 Å². The van der Waals surface area contributed by atoms with E-state index in [2.05, 4.69) is 21.5 Å². The van der Waals surface area contributed by atoms with Crippen molar-refractivity contribution in [3.05, 3.63) is 40.7 Å². The van der Waals surface area contributed by atoms with E-state index in [0.29, 0.717) is 16.4 Å². The van der Waals surface area contributed by atoms with E-state index in [1.165, 1.54) is 11.8 Å². The van der Waals surface area contributed by atoms with Crippen molar-refractivity contribution in [1.29, 1.82) is 5.26 Å². The van der Waals surface area contributed by atoms with E-state index in [1.807, 2.05) is 37.4 Å². The summed E-state index contributed by atoms with van der Waals surface area (Å²) in [6, 6.07) is 9.90. The fourth-order valence-electron chi connectivity index (χ4n) is 1.67. The van der Waals surface area contributed by atoms with Crippen LogP contribution in [-0.2, 0) is 0 Å². The van der Waals surface area contributed by atoms with Crippen LogP contribution in [0.1, 0.15) is 11.5 Å². The van der Waals surface area contributed by atoms with Gasteiger partial charge in [0.15, 0.2) is 0 Å². The van der Waals surface area contributed by atoms with Gasteiger partial charge in [-0.1, -0.05) is 35.0 Å². The van der Waals surface area contributed by atoms with E-state index in [1.54, 1.807) is 7.05 Å². The average Bonchev–Trinajstić information content (AvgIpc) is 2.94. The Morgan fingerprint density at radius 3 is 2.60 bits per heavy atom. The molecule has 0 fully saturated rings. The summed E-state index contributed by atoms with van der Waals surface area (Å²) in [5.41, 5.74) is 2.37. The predicted molar refractivity (Wildman–Crippen MR) is 79.6 cm³/mol. The number of aryl methyl sites for hydroxylation is 1. The van der Waals surface area contributed by atoms with Gasteiger partial charge in [-0.05, 0) is 13.2 Å². The lowest BCUT2D eigenvalue weighted by Gasteiger charge is -2.02. The SMILES string of the molecule is CNC(SC)=C(C#N)c1nc(-c2ccc(C)cc2)no1. The number of benzene rings is 1. The molecule has 102 valence electrons. The molecule has 0 saturated carbocycles. The highest BCUT2D eigenvalue weighted by Gasteiger charge is 2.16. The normalized spacial score (nSPS) is 11.7. The largest absolute Gasteiger partial charge is 0.382 e. The summed E-state index contributed by atoms with van der Waals surface area (Å²) >= 11 is 1.42. The fourth-order valence-corrected chi connectivity index (χ4v) is 2.21. The standard InChI is InChI=1S/C14H14N4OS/c1-9-4-6-10(7-5-9)12-17-13(19-18-12)11(8-15)14(16-2)20-3/h4-7,16H,1-3H3. The number of hydrogen-bond donors (Lipinski definition) is 1. The highest BCUT2D eigenvalue weighted by atomic mass is 32.2. The molecule has 0 aliphatic rings. The highest BCUT2D eigenvalue weighted by Crippen LogP contribution is 2.24. The highest BCUT2D eigenvalue weighted by molar-refractivity contribution is 8.02. The monoisotopic (exact) mass is 286 g/mol. The van der Waals surface area contributed by atoms with Crippen LogP contribution in [0.4, 0.5) is 0 Å². The maximum atomic E-state index is 9.24. The van der Waals surface area contributed by atoms with Crippen molar-refractivity contribution < 1.29 is 4.52 Å². The van der Waals surface area contributed by atoms with Gasteiger partial charge in [-0.25, -0.2) is 0 Å². The molecule has 1 N–H and O–H groups in total. The molecular weight excluding hydrogens is 272 g/mol. The Morgan fingerprint density at radius 2 is 2.05 bits per heavy atom. The maximum absolute atomic E-state index is 9.24. The lowest BCUT2D eigenvalue weighted by molar-refractivity contribution is 0.409. The van der Waals surface area contributed by atoms with E-state index in [9.17, 15) is 5.26 Å². The van der Waals surface area contributed by atoms with Gasteiger partial charge in [0.1, 0.15) is 11.6 Å². The quantitative estimate of drug-likeness (QED) is 0.871. The van der Waals surface area contributed by atoms with Crippen molar-refractivity contribution in [3.8, 4) is 17.5 Å². The van der Waals surface area contributed by atoms with Gasteiger partial charge in [-0.2, -0.15) is 10.2 Å². The van der Waals surface area contributed by atoms with Gasteiger partial charge in [0.2, 0.25) is 5.82 Å². The number of hydrogen-bond acceptors (Lipinski definition) is 6. The molecule has 2 aromatic rings. The minimum absolute atomic E-state index is 0.224. The Hall–Kier alpha value is -2.26. The molecule has 0 amide bonds. The molecule has 1 aromatic heterocycles. The molecule has 0 aliphatic heterocycles. The van der Waals surface area contributed by atoms with Crippen molar-refractivity contribution in [2.45, 2.75) is 6.92 Å². The van der Waals surface area contributed by atoms with Gasteiger partial charge in [-0.3, -0.25) is 0 Å². The van der Waals surface area contributed by atoms with Crippen molar-refractivity contribution >= 4 is 17.3 Å². The number of nitrogens with zero attached hydrogens (tertiary/aromatic N) is 3. The number of rotatable bonds is 4. The predicted octanol–water partition coefficient (Wildman–Crippen LogP) is 2.82. The first-order valence-corrected chi connectivity index (χ1v) is 7.19. The first-order valence-electron chi connectivity index (χ1n) is 5.96. The summed E-state index contributed by atoms with van der Waals surface area (Å²) in [7, 11) is 1.75. The second-order valence-electron chi connectivity index (χ2n) is 4.06. The molecule has 0 saturated heterocycles. The zero-order chi connectivity index (χ0) is 14.5. The summed E-state index contributed by atoms with van der Waals surface area (Å²) in [5, 5.41) is 16.8. The van der Waals surface area contributed by atoms with Crippen molar-refractivity contribution in [2.24, 2.45) is 0 Å². The van der Waals surface area contributed by atoms with Crippen LogP contribution in [0.5, 0.6) is 0 Å². The van der Waals surface area contributed by atoms with Crippen LogP contribution in [0.2, 0.25) is 0 Å². The molecule has 0 unspecified atom stereocenters. The Morgan fingerprint density at radius 1 is 1.35 bits per heavy atom. The Balaban J connectivity index is 2.40. The lowest BCUT2D eigenvalue weighted by atomic mass is 10.1. The van der Waals surface area contributed by atoms with Crippen LogP contribution < -0.4 is 5.32 Å². The second kappa shape index (κ2) is 6.26. The summed E-state index contributed by atoms with van der Waals surface area (Å²) in [5.74, 6) is 0.700. The first-order chi connectivity index (χ1) is 9.69. The third-order valence-corrected chi connectivity index (χ3v) is 3.54. The number of allylic oxidation sites excluding steroid dienone is 1. The topological polar surface area (TPSA) is 74.7 Å². The molecule has 0 spiro atoms. The van der Waals surface area contributed by atoms with Crippen LogP contribution in [-0.4, -0.2) is 23.4 Å². The van der Waals surface area contributed by atoms with Crippen LogP contribution in [0.25, 0.3) is 17.0 Å². The van der Waals surface area contributed by atoms with Crippen LogP contribution in [0.3, 0.4) is 0 Å². The Labute approximate surface area is 121 Å². The molecule has 1 heterocycles. The van der Waals surface area contributed by atoms with Crippen molar-refractivity contribution in [1.82, 2.24) is 15.5 Å². The first kappa shape index (κ1) is 14.2. The lowest BCUT2D eigenvalue weighted by Crippen LogP contribution is -2.04. The zero-order valence-electron chi connectivity index (χ0n) is 11.5. The minimum atomic E-state index is 0.224. The number of aromatic nitrogens is 2. The minimum Gasteiger partial charge on any atom is -0.382 e. The van der Waals surface area contributed by atoms with Gasteiger partial charge < -0.3 is 9.84 Å². The third kappa shape index (κ3) is 2.83. The summed E-state index contributed by atoms with van der Waals surface area (Å²) in [4.78, 5) is 4.29. The Kier molecular flexibility index (Phi) is 4.43. The van der Waals surface area contributed by atoms with E-state index >= 15 is 0 Å². The third-order valence-electron chi connectivity index (χ3n) is 2.72. The fraction of sp³-hybridized carbons (Fsp3) is 0.214. The van der Waals surface area contributed by atoms with Crippen LogP contribution in [0, 0.1) is 18.3 Å². The zero-order valence-corrected chi connectivity index (χ0v) is 12.3. The van der Waals surface area contributed by atoms with Crippen LogP contribution >= 0.6 is 11.8 Å². The number of thioether (sulfide) groups is 1. The molecule has 1 aromatic carbocycles. The second-order valence-corrected chi connectivity index (χ2v) is 4.88. The van der Waals surface area contributed by atoms with Gasteiger partial charge in [0.05, 0.1) is 5.03 Å². The molecule has 2 rings (SSSR count). The van der Waals surface area contributed by atoms with Gasteiger partial charge in [0, 0.05) is 12.6 Å². The van der Waals surface area contributed by atoms with E-state index in [0.717, 1.165) is 11.1 Å². The van der Waals surface area contributed by atoms with E-state index in [-0.39, 0.29) is 5.89 Å². The van der Waals surface area contributed by atoms with E-state index in [4.69, 9.17) is 4.52 Å². The molecular formula is C14H14N4OS. The molecule has 0 radical (unpaired) electrons. The molecule has 0 aliphatic carbocycles. The van der Waals surface area contributed by atoms with Crippen LogP contribution in [0.15, 0.2) is 33.8 Å². The average molecular weight is 286 g/mol.